The first-order chi connectivity index (χ1) is 23.0. The maximum absolute atomic E-state index is 8.80. The summed E-state index contributed by atoms with van der Waals surface area (Å²) in [6.07, 6.45) is 1.28. The Morgan fingerprint density at radius 1 is 0.844 bits per heavy atom. The van der Waals surface area contributed by atoms with Crippen molar-refractivity contribution in [3.05, 3.63) is 118 Å². The molecule has 4 heterocycles. The Hall–Kier alpha value is -3.63. The molecular formula is C40H38IrN2OS-2. The third kappa shape index (κ3) is 6.97. The van der Waals surface area contributed by atoms with Crippen LogP contribution in [0, 0.1) is 52.1 Å². The molecule has 0 atom stereocenters. The number of hydrogen-bond donors (Lipinski definition) is 0. The van der Waals surface area contributed by atoms with Crippen LogP contribution in [0.1, 0.15) is 60.3 Å². The van der Waals surface area contributed by atoms with Crippen LogP contribution in [0.25, 0.3) is 54.5 Å². The number of pyridine rings is 2. The number of aromatic nitrogens is 2. The average molecular weight is 792 g/mol. The van der Waals surface area contributed by atoms with Gasteiger partial charge in [-0.3, -0.25) is 0 Å². The Morgan fingerprint density at radius 2 is 1.60 bits per heavy atom. The van der Waals surface area contributed by atoms with Gasteiger partial charge in [-0.1, -0.05) is 74.0 Å². The summed E-state index contributed by atoms with van der Waals surface area (Å²) in [5.41, 5.74) is 7.40. The van der Waals surface area contributed by atoms with Crippen LogP contribution < -0.4 is 0 Å². The monoisotopic (exact) mass is 792 g/mol. The SMILES string of the molecule is Cc1c[c-]c(-c2cc(C)c(C)cn2)cc1.[2H]C([2H])([2H])c1cnc(-c2[c-]ccc3c2oc2c3ccc3cc(C)sc32)cc1C([2H])([2H])C(C)(C)C.[Ir]. The fraction of sp³-hybridized carbons (Fsp3) is 0.250. The third-order valence-corrected chi connectivity index (χ3v) is 8.56. The minimum atomic E-state index is -2.49. The van der Waals surface area contributed by atoms with Crippen LogP contribution in [-0.2, 0) is 26.5 Å². The van der Waals surface area contributed by atoms with Gasteiger partial charge in [-0.15, -0.1) is 64.9 Å². The summed E-state index contributed by atoms with van der Waals surface area (Å²) in [6, 6.07) is 26.3. The molecule has 0 saturated heterocycles. The van der Waals surface area contributed by atoms with E-state index in [-0.39, 0.29) is 31.2 Å². The number of fused-ring (bicyclic) bond motifs is 5. The fourth-order valence-corrected chi connectivity index (χ4v) is 6.14. The zero-order valence-corrected chi connectivity index (χ0v) is 29.7. The Bertz CT molecular complexity index is 2330. The van der Waals surface area contributed by atoms with E-state index in [0.29, 0.717) is 16.8 Å². The van der Waals surface area contributed by atoms with E-state index in [1.165, 1.54) is 27.8 Å². The van der Waals surface area contributed by atoms with Crippen LogP contribution in [-0.4, -0.2) is 9.97 Å². The first-order valence-electron chi connectivity index (χ1n) is 17.1. The van der Waals surface area contributed by atoms with Crippen molar-refractivity contribution in [2.24, 2.45) is 5.41 Å². The quantitative estimate of drug-likeness (QED) is 0.167. The molecule has 0 unspecified atom stereocenters. The van der Waals surface area contributed by atoms with Gasteiger partial charge in [0.1, 0.15) is 5.58 Å². The third-order valence-electron chi connectivity index (χ3n) is 7.49. The van der Waals surface area contributed by atoms with Gasteiger partial charge in [-0.2, -0.15) is 0 Å². The van der Waals surface area contributed by atoms with Gasteiger partial charge >= 0.3 is 0 Å². The van der Waals surface area contributed by atoms with Crippen molar-refractivity contribution in [2.45, 2.75) is 61.7 Å². The predicted molar refractivity (Wildman–Crippen MR) is 187 cm³/mol. The molecular weight excluding hydrogens is 749 g/mol. The molecule has 0 bridgehead atoms. The zero-order valence-electron chi connectivity index (χ0n) is 31.5. The topological polar surface area (TPSA) is 38.9 Å². The summed E-state index contributed by atoms with van der Waals surface area (Å²) in [5, 5.41) is 3.03. The van der Waals surface area contributed by atoms with Crippen LogP contribution in [0.5, 0.6) is 0 Å². The molecule has 3 aromatic carbocycles. The van der Waals surface area contributed by atoms with Crippen LogP contribution in [0.15, 0.2) is 77.5 Å². The van der Waals surface area contributed by atoms with Gasteiger partial charge in [0.2, 0.25) is 0 Å². The van der Waals surface area contributed by atoms with Gasteiger partial charge in [-0.25, -0.2) is 0 Å². The van der Waals surface area contributed by atoms with Gasteiger partial charge in [0.05, 0.1) is 10.3 Å². The second kappa shape index (κ2) is 13.0. The van der Waals surface area contributed by atoms with E-state index < -0.39 is 18.6 Å². The Balaban J connectivity index is 0.000000255. The molecule has 0 aliphatic heterocycles. The summed E-state index contributed by atoms with van der Waals surface area (Å²) < 4.78 is 48.9. The molecule has 0 fully saturated rings. The number of thiophene rings is 1. The molecule has 0 spiro atoms. The van der Waals surface area contributed by atoms with E-state index in [9.17, 15) is 0 Å². The first kappa shape index (κ1) is 26.6. The number of benzene rings is 3. The van der Waals surface area contributed by atoms with E-state index in [0.717, 1.165) is 37.7 Å². The molecule has 0 aliphatic rings. The molecule has 0 aliphatic carbocycles. The Kier molecular flexibility index (Phi) is 7.68. The number of furan rings is 1. The van der Waals surface area contributed by atoms with Gasteiger partial charge in [-0.05, 0) is 73.4 Å². The molecule has 0 amide bonds. The zero-order chi connectivity index (χ0) is 35.5. The minimum Gasteiger partial charge on any atom is -0.499 e. The standard InChI is InChI=1S/C26H24NOS.C14H14N.Ir/c1-15-14-27-22(12-18(15)13-26(3,4)5)21-8-6-7-19-20-10-9-17-11-16(2)29-25(17)24(20)28-23(19)21;1-10-4-6-13(7-5-10)14-8-11(2)12(3)9-15-14;/h6-7,9-12,14H,13H2,1-5H3;4-6,8-9H,1-3H3;/q2*-1;/i1D3,13D2;;. The van der Waals surface area contributed by atoms with Crippen LogP contribution >= 0.6 is 11.3 Å². The smallest absolute Gasteiger partial charge is 0.138 e. The van der Waals surface area contributed by atoms with Crippen molar-refractivity contribution >= 4 is 43.4 Å². The Morgan fingerprint density at radius 3 is 2.31 bits per heavy atom. The molecule has 4 aromatic heterocycles. The first-order valence-corrected chi connectivity index (χ1v) is 15.5. The fourth-order valence-electron chi connectivity index (χ4n) is 5.15. The number of hydrogen-bond acceptors (Lipinski definition) is 4. The molecule has 5 heteroatoms. The molecule has 231 valence electrons. The second-order valence-corrected chi connectivity index (χ2v) is 13.6. The van der Waals surface area contributed by atoms with Crippen molar-refractivity contribution in [2.75, 3.05) is 0 Å². The Labute approximate surface area is 291 Å². The molecule has 7 aromatic rings. The molecule has 0 N–H and O–H groups in total. The van der Waals surface area contributed by atoms with Crippen LogP contribution in [0.3, 0.4) is 0 Å². The van der Waals surface area contributed by atoms with E-state index in [2.05, 4.69) is 80.1 Å². The van der Waals surface area contributed by atoms with E-state index >= 15 is 0 Å². The molecule has 3 nitrogen and oxygen atoms in total. The maximum atomic E-state index is 8.80. The van der Waals surface area contributed by atoms with E-state index in [1.807, 2.05) is 24.4 Å². The minimum absolute atomic E-state index is 0. The molecule has 7 rings (SSSR count). The van der Waals surface area contributed by atoms with Gasteiger partial charge in [0.15, 0.2) is 0 Å². The predicted octanol–water partition coefficient (Wildman–Crippen LogP) is 11.3. The summed E-state index contributed by atoms with van der Waals surface area (Å²) in [4.78, 5) is 10.1. The van der Waals surface area contributed by atoms with Crippen LogP contribution in [0.4, 0.5) is 0 Å². The summed E-state index contributed by atoms with van der Waals surface area (Å²) >= 11 is 1.68. The van der Waals surface area contributed by atoms with Crippen molar-refractivity contribution in [3.8, 4) is 22.5 Å². The summed E-state index contributed by atoms with van der Waals surface area (Å²) in [5.74, 6) is 0. The molecule has 0 saturated carbocycles. The molecule has 1 radical (unpaired) electrons. The number of nitrogens with zero attached hydrogens (tertiary/aromatic N) is 2. The maximum Gasteiger partial charge on any atom is 0.138 e. The molecule has 45 heavy (non-hydrogen) atoms. The van der Waals surface area contributed by atoms with Crippen molar-refractivity contribution in [1.82, 2.24) is 9.97 Å². The average Bonchev–Trinajstić information content (AvgIpc) is 3.61. The summed E-state index contributed by atoms with van der Waals surface area (Å²) in [6.45, 7) is 11.1. The second-order valence-electron chi connectivity index (χ2n) is 12.3. The summed E-state index contributed by atoms with van der Waals surface area (Å²) in [7, 11) is 0. The number of rotatable bonds is 3. The van der Waals surface area contributed by atoms with Gasteiger partial charge < -0.3 is 14.4 Å². The van der Waals surface area contributed by atoms with Crippen LogP contribution in [0.2, 0.25) is 0 Å². The number of aryl methyl sites for hydroxylation is 5. The largest absolute Gasteiger partial charge is 0.499 e. The van der Waals surface area contributed by atoms with E-state index in [1.54, 1.807) is 44.2 Å². The van der Waals surface area contributed by atoms with Crippen molar-refractivity contribution in [1.29, 1.82) is 0 Å². The van der Waals surface area contributed by atoms with Gasteiger partial charge in [0, 0.05) is 49.6 Å². The van der Waals surface area contributed by atoms with Gasteiger partial charge in [0.25, 0.3) is 0 Å². The normalized spacial score (nSPS) is 13.7. The van der Waals surface area contributed by atoms with Crippen molar-refractivity contribution < 1.29 is 31.4 Å². The van der Waals surface area contributed by atoms with Crippen molar-refractivity contribution in [3.63, 3.8) is 0 Å². The van der Waals surface area contributed by atoms with E-state index in [4.69, 9.17) is 11.3 Å².